The summed E-state index contributed by atoms with van der Waals surface area (Å²) < 4.78 is 27.5. The standard InChI is InChI=1S/C23H27N3O4S/c1-17-10-11-18(16-21(17)31(29,30)26-14-6-7-15-26)22(27)24-20-9-3-2-8-19(20)23(28)25-12-4-5-13-25/h2-3,8-11,16H,4-7,12-15H2,1H3,(H,24,27). The van der Waals surface area contributed by atoms with Gasteiger partial charge in [-0.15, -0.1) is 0 Å². The van der Waals surface area contributed by atoms with E-state index in [-0.39, 0.29) is 16.4 Å². The molecule has 2 aliphatic heterocycles. The largest absolute Gasteiger partial charge is 0.339 e. The van der Waals surface area contributed by atoms with E-state index < -0.39 is 15.9 Å². The van der Waals surface area contributed by atoms with Crippen LogP contribution in [0.3, 0.4) is 0 Å². The van der Waals surface area contributed by atoms with Crippen molar-refractivity contribution in [3.63, 3.8) is 0 Å². The second kappa shape index (κ2) is 8.80. The molecule has 2 heterocycles. The van der Waals surface area contributed by atoms with Crippen LogP contribution in [-0.2, 0) is 10.0 Å². The first-order valence-corrected chi connectivity index (χ1v) is 12.1. The van der Waals surface area contributed by atoms with Crippen LogP contribution in [0.1, 0.15) is 52.0 Å². The van der Waals surface area contributed by atoms with E-state index >= 15 is 0 Å². The number of nitrogens with one attached hydrogen (secondary N) is 1. The smallest absolute Gasteiger partial charge is 0.255 e. The molecule has 0 aliphatic carbocycles. The number of likely N-dealkylation sites (tertiary alicyclic amines) is 1. The van der Waals surface area contributed by atoms with E-state index in [0.29, 0.717) is 29.9 Å². The lowest BCUT2D eigenvalue weighted by atomic mass is 10.1. The van der Waals surface area contributed by atoms with Gasteiger partial charge in [0.25, 0.3) is 11.8 Å². The van der Waals surface area contributed by atoms with Gasteiger partial charge in [0.15, 0.2) is 0 Å². The molecule has 8 heteroatoms. The van der Waals surface area contributed by atoms with E-state index in [0.717, 1.165) is 38.8 Å². The number of anilines is 1. The Morgan fingerprint density at radius 3 is 2.26 bits per heavy atom. The molecule has 4 rings (SSSR count). The maximum Gasteiger partial charge on any atom is 0.255 e. The van der Waals surface area contributed by atoms with Gasteiger partial charge in [-0.25, -0.2) is 8.42 Å². The third-order valence-corrected chi connectivity index (χ3v) is 7.97. The van der Waals surface area contributed by atoms with Crippen LogP contribution >= 0.6 is 0 Å². The third-order valence-electron chi connectivity index (χ3n) is 5.93. The average Bonchev–Trinajstić information content (AvgIpc) is 3.48. The number of hydrogen-bond acceptors (Lipinski definition) is 4. The highest BCUT2D eigenvalue weighted by Crippen LogP contribution is 2.26. The molecule has 0 unspecified atom stereocenters. The Balaban J connectivity index is 1.60. The molecule has 7 nitrogen and oxygen atoms in total. The van der Waals surface area contributed by atoms with Gasteiger partial charge in [-0.1, -0.05) is 18.2 Å². The Kier molecular flexibility index (Phi) is 6.11. The van der Waals surface area contributed by atoms with Gasteiger partial charge in [0.2, 0.25) is 10.0 Å². The topological polar surface area (TPSA) is 86.8 Å². The Labute approximate surface area is 183 Å². The van der Waals surface area contributed by atoms with Gasteiger partial charge < -0.3 is 10.2 Å². The number of hydrogen-bond donors (Lipinski definition) is 1. The lowest BCUT2D eigenvalue weighted by Crippen LogP contribution is -2.29. The van der Waals surface area contributed by atoms with Crippen molar-refractivity contribution in [2.45, 2.75) is 37.5 Å². The van der Waals surface area contributed by atoms with Gasteiger partial charge in [0.05, 0.1) is 16.1 Å². The Hall–Kier alpha value is -2.71. The van der Waals surface area contributed by atoms with Gasteiger partial charge in [-0.05, 0) is 62.4 Å². The molecule has 2 amide bonds. The molecule has 0 atom stereocenters. The van der Waals surface area contributed by atoms with Gasteiger partial charge in [0, 0.05) is 31.7 Å². The molecule has 2 aromatic rings. The number of benzene rings is 2. The normalized spacial score (nSPS) is 17.1. The van der Waals surface area contributed by atoms with Crippen LogP contribution in [0.25, 0.3) is 0 Å². The molecule has 2 aromatic carbocycles. The summed E-state index contributed by atoms with van der Waals surface area (Å²) in [6, 6.07) is 11.6. The van der Waals surface area contributed by atoms with Crippen molar-refractivity contribution in [3.8, 4) is 0 Å². The van der Waals surface area contributed by atoms with Gasteiger partial charge in [-0.2, -0.15) is 4.31 Å². The van der Waals surface area contributed by atoms with Crippen molar-refractivity contribution in [1.82, 2.24) is 9.21 Å². The van der Waals surface area contributed by atoms with E-state index in [9.17, 15) is 18.0 Å². The molecular formula is C23H27N3O4S. The van der Waals surface area contributed by atoms with Crippen LogP contribution in [0, 0.1) is 6.92 Å². The van der Waals surface area contributed by atoms with E-state index in [1.54, 1.807) is 48.2 Å². The van der Waals surface area contributed by atoms with Crippen LogP contribution in [0.4, 0.5) is 5.69 Å². The summed E-state index contributed by atoms with van der Waals surface area (Å²) in [4.78, 5) is 27.8. The summed E-state index contributed by atoms with van der Waals surface area (Å²) in [7, 11) is -3.64. The summed E-state index contributed by atoms with van der Waals surface area (Å²) in [5.41, 5.74) is 1.71. The molecule has 31 heavy (non-hydrogen) atoms. The number of carbonyl (C=O) groups excluding carboxylic acids is 2. The molecular weight excluding hydrogens is 414 g/mol. The van der Waals surface area contributed by atoms with E-state index in [1.807, 2.05) is 0 Å². The summed E-state index contributed by atoms with van der Waals surface area (Å²) >= 11 is 0. The van der Waals surface area contributed by atoms with Crippen molar-refractivity contribution < 1.29 is 18.0 Å². The number of amides is 2. The number of rotatable bonds is 5. The molecule has 164 valence electrons. The van der Waals surface area contributed by atoms with Crippen LogP contribution < -0.4 is 5.32 Å². The average molecular weight is 442 g/mol. The minimum Gasteiger partial charge on any atom is -0.339 e. The highest BCUT2D eigenvalue weighted by molar-refractivity contribution is 7.89. The second-order valence-corrected chi connectivity index (χ2v) is 10.00. The van der Waals surface area contributed by atoms with Crippen LogP contribution in [0.5, 0.6) is 0 Å². The summed E-state index contributed by atoms with van der Waals surface area (Å²) in [6.07, 6.45) is 3.66. The zero-order chi connectivity index (χ0) is 22.0. The SMILES string of the molecule is Cc1ccc(C(=O)Nc2ccccc2C(=O)N2CCCC2)cc1S(=O)(=O)N1CCCC1. The summed E-state index contributed by atoms with van der Waals surface area (Å²) in [5.74, 6) is -0.547. The molecule has 2 fully saturated rings. The molecule has 0 bridgehead atoms. The molecule has 0 radical (unpaired) electrons. The van der Waals surface area contributed by atoms with Crippen molar-refractivity contribution in [3.05, 3.63) is 59.2 Å². The van der Waals surface area contributed by atoms with Crippen molar-refractivity contribution >= 4 is 27.5 Å². The second-order valence-electron chi connectivity index (χ2n) is 8.09. The maximum atomic E-state index is 13.0. The first-order chi connectivity index (χ1) is 14.9. The van der Waals surface area contributed by atoms with Gasteiger partial charge in [0.1, 0.15) is 0 Å². The van der Waals surface area contributed by atoms with E-state index in [1.165, 1.54) is 10.4 Å². The van der Waals surface area contributed by atoms with Crippen molar-refractivity contribution in [1.29, 1.82) is 0 Å². The fourth-order valence-electron chi connectivity index (χ4n) is 4.15. The quantitative estimate of drug-likeness (QED) is 0.772. The zero-order valence-corrected chi connectivity index (χ0v) is 18.5. The number of aryl methyl sites for hydroxylation is 1. The fourth-order valence-corrected chi connectivity index (χ4v) is 5.92. The lowest BCUT2D eigenvalue weighted by Gasteiger charge is -2.19. The maximum absolute atomic E-state index is 13.0. The third kappa shape index (κ3) is 4.36. The molecule has 0 spiro atoms. The number of para-hydroxylation sites is 1. The summed E-state index contributed by atoms with van der Waals surface area (Å²) in [6.45, 7) is 4.18. The lowest BCUT2D eigenvalue weighted by molar-refractivity contribution is 0.0794. The monoisotopic (exact) mass is 441 g/mol. The van der Waals surface area contributed by atoms with Crippen molar-refractivity contribution in [2.24, 2.45) is 0 Å². The minimum atomic E-state index is -3.64. The molecule has 1 N–H and O–H groups in total. The van der Waals surface area contributed by atoms with Crippen molar-refractivity contribution in [2.75, 3.05) is 31.5 Å². The molecule has 0 saturated carbocycles. The van der Waals surface area contributed by atoms with E-state index in [2.05, 4.69) is 5.32 Å². The predicted octanol–water partition coefficient (Wildman–Crippen LogP) is 3.27. The Bertz CT molecular complexity index is 1100. The first-order valence-electron chi connectivity index (χ1n) is 10.7. The Morgan fingerprint density at radius 1 is 0.903 bits per heavy atom. The van der Waals surface area contributed by atoms with Crippen LogP contribution in [0.2, 0.25) is 0 Å². The van der Waals surface area contributed by atoms with Crippen LogP contribution in [0.15, 0.2) is 47.4 Å². The Morgan fingerprint density at radius 2 is 1.55 bits per heavy atom. The van der Waals surface area contributed by atoms with Gasteiger partial charge in [-0.3, -0.25) is 9.59 Å². The minimum absolute atomic E-state index is 0.102. The molecule has 0 aromatic heterocycles. The zero-order valence-electron chi connectivity index (χ0n) is 17.6. The van der Waals surface area contributed by atoms with Crippen LogP contribution in [-0.4, -0.2) is 55.6 Å². The molecule has 2 aliphatic rings. The number of sulfonamides is 1. The highest BCUT2D eigenvalue weighted by atomic mass is 32.2. The highest BCUT2D eigenvalue weighted by Gasteiger charge is 2.29. The molecule has 2 saturated heterocycles. The van der Waals surface area contributed by atoms with E-state index in [4.69, 9.17) is 0 Å². The predicted molar refractivity (Wildman–Crippen MR) is 119 cm³/mol. The first kappa shape index (κ1) is 21.5. The number of nitrogens with zero attached hydrogens (tertiary/aromatic N) is 2. The van der Waals surface area contributed by atoms with Gasteiger partial charge >= 0.3 is 0 Å². The fraction of sp³-hybridized carbons (Fsp3) is 0.391. The number of carbonyl (C=O) groups is 2. The summed E-state index contributed by atoms with van der Waals surface area (Å²) in [5, 5.41) is 2.80.